The van der Waals surface area contributed by atoms with Crippen LogP contribution in [0.3, 0.4) is 0 Å². The van der Waals surface area contributed by atoms with Gasteiger partial charge in [0.15, 0.2) is 0 Å². The first kappa shape index (κ1) is 17.9. The zero-order valence-corrected chi connectivity index (χ0v) is 17.3. The molecule has 3 rings (SSSR count). The lowest BCUT2D eigenvalue weighted by Crippen LogP contribution is -2.26. The third-order valence-corrected chi connectivity index (χ3v) is 6.52. The molecule has 1 amide bonds. The van der Waals surface area contributed by atoms with Gasteiger partial charge in [0, 0.05) is 19.1 Å². The van der Waals surface area contributed by atoms with Crippen molar-refractivity contribution in [2.24, 2.45) is 0 Å². The zero-order chi connectivity index (χ0) is 17.0. The molecule has 4 heteroatoms. The van der Waals surface area contributed by atoms with Crippen molar-refractivity contribution in [1.29, 1.82) is 0 Å². The molecule has 2 aromatic carbocycles. The highest BCUT2D eigenvalue weighted by atomic mass is 127. The minimum Gasteiger partial charge on any atom is -0.322 e. The minimum absolute atomic E-state index is 0.0818. The molecule has 1 saturated carbocycles. The van der Waals surface area contributed by atoms with Gasteiger partial charge in [0.25, 0.3) is 5.91 Å². The first-order valence-corrected chi connectivity index (χ1v) is 10.3. The topological polar surface area (TPSA) is 29.1 Å². The molecule has 1 aliphatic carbocycles. The molecule has 126 valence electrons. The van der Waals surface area contributed by atoms with E-state index < -0.39 is 0 Å². The zero-order valence-electron chi connectivity index (χ0n) is 13.5. The summed E-state index contributed by atoms with van der Waals surface area (Å²) in [5.41, 5.74) is 2.85. The Kier molecular flexibility index (Phi) is 5.98. The molecule has 0 bridgehead atoms. The van der Waals surface area contributed by atoms with Crippen molar-refractivity contribution in [1.82, 2.24) is 0 Å². The average molecular weight is 498 g/mol. The number of hydrogen-bond acceptors (Lipinski definition) is 1. The second-order valence-electron chi connectivity index (χ2n) is 6.55. The second-order valence-corrected chi connectivity index (χ2v) is 9.75. The first-order valence-electron chi connectivity index (χ1n) is 8.39. The maximum absolute atomic E-state index is 12.3. The van der Waals surface area contributed by atoms with Gasteiger partial charge in [-0.25, -0.2) is 0 Å². The molecule has 0 aromatic heterocycles. The van der Waals surface area contributed by atoms with Gasteiger partial charge in [0.05, 0.1) is 0 Å². The largest absolute Gasteiger partial charge is 0.322 e. The fourth-order valence-electron chi connectivity index (χ4n) is 3.27. The maximum atomic E-state index is 12.3. The summed E-state index contributed by atoms with van der Waals surface area (Å²) < 4.78 is 1.32. The lowest BCUT2D eigenvalue weighted by Gasteiger charge is -2.31. The molecule has 1 N–H and O–H groups in total. The van der Waals surface area contributed by atoms with Gasteiger partial charge in [-0.15, -0.1) is 0 Å². The van der Waals surface area contributed by atoms with E-state index in [1.807, 2.05) is 36.4 Å². The van der Waals surface area contributed by atoms with Crippen molar-refractivity contribution >= 4 is 50.1 Å². The van der Waals surface area contributed by atoms with E-state index in [4.69, 9.17) is 0 Å². The molecule has 0 heterocycles. The van der Waals surface area contributed by atoms with Crippen LogP contribution in [0.4, 0.5) is 5.69 Å². The van der Waals surface area contributed by atoms with Crippen molar-refractivity contribution in [3.8, 4) is 0 Å². The number of rotatable bonds is 4. The van der Waals surface area contributed by atoms with Crippen LogP contribution < -0.4 is 5.32 Å². The van der Waals surface area contributed by atoms with Crippen LogP contribution in [0, 0.1) is 0 Å². The van der Waals surface area contributed by atoms with E-state index in [-0.39, 0.29) is 5.91 Å². The maximum Gasteiger partial charge on any atom is 0.255 e. The Bertz CT molecular complexity index is 708. The summed E-state index contributed by atoms with van der Waals surface area (Å²) in [4.78, 5) is 12.3. The molecule has 1 aliphatic rings. The normalized spacial score (nSPS) is 16.6. The van der Waals surface area contributed by atoms with Gasteiger partial charge < -0.3 is 5.32 Å². The van der Waals surface area contributed by atoms with E-state index in [0.717, 1.165) is 16.6 Å². The quantitative estimate of drug-likeness (QED) is 0.385. The fraction of sp³-hybridized carbons (Fsp3) is 0.350. The van der Waals surface area contributed by atoms with E-state index in [1.165, 1.54) is 37.7 Å². The molecule has 0 unspecified atom stereocenters. The molecule has 0 radical (unpaired) electrons. The van der Waals surface area contributed by atoms with Gasteiger partial charge in [-0.1, -0.05) is 76.0 Å². The fourth-order valence-corrected chi connectivity index (χ4v) is 4.87. The van der Waals surface area contributed by atoms with Crippen LogP contribution >= 0.6 is 38.5 Å². The van der Waals surface area contributed by atoms with Crippen molar-refractivity contribution in [2.75, 3.05) is 5.32 Å². The molecule has 2 nitrogen and oxygen atoms in total. The number of carbonyl (C=O) groups excluding carboxylic acids is 1. The van der Waals surface area contributed by atoms with Crippen molar-refractivity contribution in [3.05, 3.63) is 64.1 Å². The molecular formula is C20H21BrINO. The van der Waals surface area contributed by atoms with Gasteiger partial charge in [0.2, 0.25) is 0 Å². The Labute approximate surface area is 165 Å². The van der Waals surface area contributed by atoms with Gasteiger partial charge in [-0.05, 0) is 55.2 Å². The number of amides is 1. The molecule has 0 saturated heterocycles. The van der Waals surface area contributed by atoms with E-state index in [9.17, 15) is 4.79 Å². The number of hydrogen-bond donors (Lipinski definition) is 1. The van der Waals surface area contributed by atoms with Gasteiger partial charge in [-0.2, -0.15) is 0 Å². The number of anilines is 1. The van der Waals surface area contributed by atoms with Gasteiger partial charge >= 0.3 is 0 Å². The monoisotopic (exact) mass is 497 g/mol. The average Bonchev–Trinajstić information content (AvgIpc) is 2.57. The number of halogens is 2. The molecule has 24 heavy (non-hydrogen) atoms. The van der Waals surface area contributed by atoms with E-state index in [1.54, 1.807) is 0 Å². The van der Waals surface area contributed by atoms with Crippen LogP contribution in [-0.4, -0.2) is 9.33 Å². The summed E-state index contributed by atoms with van der Waals surface area (Å²) in [6, 6.07) is 15.7. The Balaban J connectivity index is 1.63. The van der Waals surface area contributed by atoms with Gasteiger partial charge in [0.1, 0.15) is 0 Å². The van der Waals surface area contributed by atoms with Crippen molar-refractivity contribution in [2.45, 2.75) is 41.9 Å². The Morgan fingerprint density at radius 1 is 1.08 bits per heavy atom. The molecule has 0 aliphatic heterocycles. The lowest BCUT2D eigenvalue weighted by molar-refractivity contribution is 0.102. The second kappa shape index (κ2) is 8.00. The van der Waals surface area contributed by atoms with E-state index in [0.29, 0.717) is 8.99 Å². The third-order valence-electron chi connectivity index (χ3n) is 4.57. The lowest BCUT2D eigenvalue weighted by atomic mass is 9.85. The van der Waals surface area contributed by atoms with Crippen molar-refractivity contribution in [3.63, 3.8) is 0 Å². The summed E-state index contributed by atoms with van der Waals surface area (Å²) in [6.07, 6.45) is 7.83. The Morgan fingerprint density at radius 2 is 1.79 bits per heavy atom. The summed E-state index contributed by atoms with van der Waals surface area (Å²) in [5, 5.41) is 2.96. The highest BCUT2D eigenvalue weighted by Crippen LogP contribution is 2.39. The number of nitrogens with one attached hydrogen (secondary N) is 1. The number of carbonyl (C=O) groups is 1. The summed E-state index contributed by atoms with van der Waals surface area (Å²) in [5.74, 6) is -0.0818. The molecule has 1 fully saturated rings. The SMILES string of the molecule is O=C(Nc1ccc(CC2(I)CCCCC2)cc1)c1cccc(Br)c1. The molecule has 2 aromatic rings. The Morgan fingerprint density at radius 3 is 2.46 bits per heavy atom. The number of alkyl halides is 1. The van der Waals surface area contributed by atoms with Crippen LogP contribution in [0.25, 0.3) is 0 Å². The predicted molar refractivity (Wildman–Crippen MR) is 112 cm³/mol. The van der Waals surface area contributed by atoms with Crippen LogP contribution in [-0.2, 0) is 6.42 Å². The van der Waals surface area contributed by atoms with Crippen LogP contribution in [0.5, 0.6) is 0 Å². The van der Waals surface area contributed by atoms with Crippen LogP contribution in [0.1, 0.15) is 48.0 Å². The molecule has 0 spiro atoms. The molecular weight excluding hydrogens is 477 g/mol. The summed E-state index contributed by atoms with van der Waals surface area (Å²) in [6.45, 7) is 0. The van der Waals surface area contributed by atoms with Crippen LogP contribution in [0.15, 0.2) is 53.0 Å². The van der Waals surface area contributed by atoms with Crippen LogP contribution in [0.2, 0.25) is 0 Å². The summed E-state index contributed by atoms with van der Waals surface area (Å²) in [7, 11) is 0. The molecule has 0 atom stereocenters. The minimum atomic E-state index is -0.0818. The first-order chi connectivity index (χ1) is 11.5. The highest BCUT2D eigenvalue weighted by Gasteiger charge is 2.28. The standard InChI is InChI=1S/C20H21BrINO/c21-17-6-4-5-16(13-17)19(24)23-18-9-7-15(8-10-18)14-20(22)11-2-1-3-12-20/h4-10,13H,1-3,11-12,14H2,(H,23,24). The smallest absolute Gasteiger partial charge is 0.255 e. The van der Waals surface area contributed by atoms with E-state index in [2.05, 4.69) is 56.0 Å². The van der Waals surface area contributed by atoms with Crippen molar-refractivity contribution < 1.29 is 4.79 Å². The number of benzene rings is 2. The van der Waals surface area contributed by atoms with Gasteiger partial charge in [-0.3, -0.25) is 4.79 Å². The van der Waals surface area contributed by atoms with E-state index >= 15 is 0 Å². The highest BCUT2D eigenvalue weighted by molar-refractivity contribution is 14.1. The third kappa shape index (κ3) is 4.82. The Hall–Kier alpha value is -0.880. The summed E-state index contributed by atoms with van der Waals surface area (Å²) >= 11 is 6.06. The predicted octanol–water partition coefficient (Wildman–Crippen LogP) is 6.38.